The summed E-state index contributed by atoms with van der Waals surface area (Å²) < 4.78 is 2.28. The van der Waals surface area contributed by atoms with Crippen LogP contribution >= 0.6 is 0 Å². The highest BCUT2D eigenvalue weighted by atomic mass is 15.2. The lowest BCUT2D eigenvalue weighted by Crippen LogP contribution is -2.40. The van der Waals surface area contributed by atoms with E-state index >= 15 is 0 Å². The summed E-state index contributed by atoms with van der Waals surface area (Å²) in [4.78, 5) is 12.5. The highest BCUT2D eigenvalue weighted by Gasteiger charge is 2.32. The number of aryl methyl sites for hydroxylation is 3. The van der Waals surface area contributed by atoms with E-state index in [0.717, 1.165) is 110 Å². The van der Waals surface area contributed by atoms with E-state index in [1.165, 1.54) is 36.8 Å². The molecular formula is C48H53N8+. The normalized spacial score (nSPS) is 14.9. The molecule has 1 aliphatic carbocycles. The summed E-state index contributed by atoms with van der Waals surface area (Å²) in [6, 6.07) is 34.1. The number of nitrogens with two attached hydrogens (primary N) is 2. The molecule has 0 amide bonds. The number of hydrogen-bond donors (Lipinski definition) is 4. The van der Waals surface area contributed by atoms with Gasteiger partial charge in [-0.25, -0.2) is 9.98 Å². The topological polar surface area (TPSA) is 108 Å². The lowest BCUT2D eigenvalue weighted by atomic mass is 9.94. The zero-order valence-electron chi connectivity index (χ0n) is 33.1. The number of nitrogens with zero attached hydrogens (tertiary/aromatic N) is 4. The first-order chi connectivity index (χ1) is 27.2. The third-order valence-corrected chi connectivity index (χ3v) is 11.3. The summed E-state index contributed by atoms with van der Waals surface area (Å²) in [6.45, 7) is 10.3. The number of anilines is 5. The van der Waals surface area contributed by atoms with Gasteiger partial charge in [0.1, 0.15) is 11.0 Å². The predicted octanol–water partition coefficient (Wildman–Crippen LogP) is 10.4. The van der Waals surface area contributed by atoms with Crippen LogP contribution in [0, 0.1) is 20.8 Å². The molecule has 0 bridgehead atoms. The maximum atomic E-state index is 6.42. The van der Waals surface area contributed by atoms with E-state index in [4.69, 9.17) is 21.4 Å². The molecule has 2 aliphatic rings. The molecule has 0 fully saturated rings. The Morgan fingerprint density at radius 1 is 0.661 bits per heavy atom. The second kappa shape index (κ2) is 15.9. The quantitative estimate of drug-likeness (QED) is 0.0406. The van der Waals surface area contributed by atoms with Crippen LogP contribution < -0.4 is 31.6 Å². The minimum Gasteiger partial charge on any atom is -0.399 e. The van der Waals surface area contributed by atoms with Crippen LogP contribution in [0.4, 0.5) is 34.1 Å². The molecule has 0 saturated carbocycles. The fourth-order valence-electron chi connectivity index (χ4n) is 8.04. The maximum Gasteiger partial charge on any atom is 0.239 e. The van der Waals surface area contributed by atoms with Crippen molar-refractivity contribution in [3.63, 3.8) is 0 Å². The van der Waals surface area contributed by atoms with Crippen molar-refractivity contribution in [2.75, 3.05) is 34.4 Å². The Balaban J connectivity index is 0.850. The second-order valence-electron chi connectivity index (χ2n) is 15.4. The molecule has 284 valence electrons. The van der Waals surface area contributed by atoms with E-state index in [-0.39, 0.29) is 6.04 Å². The number of aliphatic imine (C=N–C) groups is 1. The molecule has 0 spiro atoms. The van der Waals surface area contributed by atoms with Gasteiger partial charge in [0.05, 0.1) is 23.1 Å². The number of benzene rings is 5. The van der Waals surface area contributed by atoms with Crippen LogP contribution in [-0.2, 0) is 0 Å². The molecular weight excluding hydrogens is 689 g/mol. The van der Waals surface area contributed by atoms with Gasteiger partial charge in [0, 0.05) is 65.8 Å². The minimum absolute atomic E-state index is 0.0368. The summed E-state index contributed by atoms with van der Waals surface area (Å²) in [7, 11) is 0. The van der Waals surface area contributed by atoms with Crippen molar-refractivity contribution >= 4 is 61.9 Å². The van der Waals surface area contributed by atoms with Gasteiger partial charge in [0.2, 0.25) is 16.7 Å². The van der Waals surface area contributed by atoms with Crippen molar-refractivity contribution < 1.29 is 4.57 Å². The molecule has 0 radical (unpaired) electrons. The van der Waals surface area contributed by atoms with Crippen molar-refractivity contribution in [1.29, 1.82) is 0 Å². The van der Waals surface area contributed by atoms with Crippen LogP contribution in [0.5, 0.6) is 0 Å². The van der Waals surface area contributed by atoms with Crippen LogP contribution in [0.2, 0.25) is 0 Å². The first-order valence-electron chi connectivity index (χ1n) is 20.1. The molecule has 8 heteroatoms. The number of unbranched alkanes of at least 4 members (excludes halogenated alkanes) is 5. The summed E-state index contributed by atoms with van der Waals surface area (Å²) in [5.41, 5.74) is 30.5. The molecule has 1 unspecified atom stereocenters. The van der Waals surface area contributed by atoms with E-state index in [1.54, 1.807) is 0 Å². The summed E-state index contributed by atoms with van der Waals surface area (Å²) >= 11 is 0. The third kappa shape index (κ3) is 7.44. The lowest BCUT2D eigenvalue weighted by Gasteiger charge is -2.38. The monoisotopic (exact) mass is 741 g/mol. The van der Waals surface area contributed by atoms with Crippen LogP contribution in [0.15, 0.2) is 125 Å². The molecule has 1 atom stereocenters. The first kappa shape index (κ1) is 36.8. The highest BCUT2D eigenvalue weighted by molar-refractivity contribution is 6.10. The van der Waals surface area contributed by atoms with E-state index in [2.05, 4.69) is 144 Å². The smallest absolute Gasteiger partial charge is 0.239 e. The van der Waals surface area contributed by atoms with Crippen LogP contribution in [0.25, 0.3) is 27.8 Å². The summed E-state index contributed by atoms with van der Waals surface area (Å²) in [5.74, 6) is 0. The van der Waals surface area contributed by atoms with E-state index in [0.29, 0.717) is 0 Å². The lowest BCUT2D eigenvalue weighted by molar-refractivity contribution is -0.538. The highest BCUT2D eigenvalue weighted by Crippen LogP contribution is 2.44. The number of rotatable bonds is 13. The molecule has 0 saturated heterocycles. The molecule has 56 heavy (non-hydrogen) atoms. The summed E-state index contributed by atoms with van der Waals surface area (Å²) in [5, 5.41) is 7.49. The average Bonchev–Trinajstić information content (AvgIpc) is 3.19. The first-order valence-corrected chi connectivity index (χ1v) is 20.1. The standard InChI is InChI=1S/C48H52N8/c1-31-23-41-45(27-37(31)49)55(35-17-11-9-12-18-35)47-29-39(33(3)25-43(47)53-41)51-21-15-7-5-6-8-16-22-52-40-30-48-44(26-34(40)4)54-42-24-32(2)38(50)28-46(42)56(48)36-19-13-10-14-20-36/h9-14,17-20,23-30,45,51H,5-8,15-16,21-22,49H2,1-4H3,(H2,50,52)/p+1. The van der Waals surface area contributed by atoms with Crippen LogP contribution in [0.3, 0.4) is 0 Å². The number of para-hydroxylation sites is 2. The zero-order chi connectivity index (χ0) is 38.8. The Kier molecular flexibility index (Phi) is 10.5. The van der Waals surface area contributed by atoms with Gasteiger partial charge in [0.15, 0.2) is 0 Å². The van der Waals surface area contributed by atoms with Crippen molar-refractivity contribution in [2.45, 2.75) is 72.3 Å². The van der Waals surface area contributed by atoms with Crippen LogP contribution in [-0.4, -0.2) is 29.8 Å². The van der Waals surface area contributed by atoms with Gasteiger partial charge in [0.25, 0.3) is 0 Å². The van der Waals surface area contributed by atoms with Crippen molar-refractivity contribution in [3.8, 4) is 5.69 Å². The van der Waals surface area contributed by atoms with Gasteiger partial charge < -0.3 is 27.0 Å². The molecule has 2 heterocycles. The average molecular weight is 742 g/mol. The molecule has 6 N–H and O–H groups in total. The number of nitrogen functional groups attached to an aromatic ring is 1. The Morgan fingerprint density at radius 3 is 1.95 bits per heavy atom. The molecule has 5 aromatic carbocycles. The minimum atomic E-state index is -0.0368. The largest absolute Gasteiger partial charge is 0.399 e. The van der Waals surface area contributed by atoms with Gasteiger partial charge in [-0.3, -0.25) is 0 Å². The van der Waals surface area contributed by atoms with E-state index < -0.39 is 0 Å². The fraction of sp³-hybridized carbons (Fsp3) is 0.271. The molecule has 6 aromatic rings. The van der Waals surface area contributed by atoms with E-state index in [1.807, 2.05) is 13.0 Å². The number of fused-ring (bicyclic) bond motifs is 4. The number of aromatic nitrogens is 2. The second-order valence-corrected chi connectivity index (χ2v) is 15.4. The molecule has 1 aliphatic heterocycles. The van der Waals surface area contributed by atoms with Gasteiger partial charge in [-0.2, -0.15) is 0 Å². The molecule has 8 nitrogen and oxygen atoms in total. The maximum absolute atomic E-state index is 6.42. The number of allylic oxidation sites excluding steroid dienone is 1. The van der Waals surface area contributed by atoms with Gasteiger partial charge in [-0.1, -0.05) is 62.1 Å². The zero-order valence-corrected chi connectivity index (χ0v) is 33.1. The number of nitrogens with one attached hydrogen (secondary N) is 2. The molecule has 1 aromatic heterocycles. The fourth-order valence-corrected chi connectivity index (χ4v) is 8.04. The number of hydrogen-bond acceptors (Lipinski definition) is 7. The van der Waals surface area contributed by atoms with Gasteiger partial charge >= 0.3 is 0 Å². The van der Waals surface area contributed by atoms with Gasteiger partial charge in [-0.05, 0) is 111 Å². The van der Waals surface area contributed by atoms with Crippen molar-refractivity contribution in [1.82, 2.24) is 4.98 Å². The van der Waals surface area contributed by atoms with Crippen molar-refractivity contribution in [2.24, 2.45) is 10.7 Å². The third-order valence-electron chi connectivity index (χ3n) is 11.3. The SMILES string of the molecule is CC1=CC2=Nc3cc(C)c(NCCCCCCCCNc4cc5c(cc4C)nc4cc(C)c(N)cc4[n+]5-c4ccccc4)cc3N(c3ccccc3)C2C=C1N. The Morgan fingerprint density at radius 2 is 1.25 bits per heavy atom. The Bertz CT molecular complexity index is 2500. The Labute approximate surface area is 330 Å². The summed E-state index contributed by atoms with van der Waals surface area (Å²) in [6.07, 6.45) is 11.4. The van der Waals surface area contributed by atoms with Gasteiger partial charge in [-0.15, -0.1) is 4.57 Å². The Hall–Kier alpha value is -6.15. The van der Waals surface area contributed by atoms with Crippen LogP contribution in [0.1, 0.15) is 62.1 Å². The predicted molar refractivity (Wildman–Crippen MR) is 236 cm³/mol. The van der Waals surface area contributed by atoms with E-state index in [9.17, 15) is 0 Å². The molecule has 8 rings (SSSR count). The van der Waals surface area contributed by atoms with Crippen molar-refractivity contribution in [3.05, 3.63) is 137 Å².